The lowest BCUT2D eigenvalue weighted by Crippen LogP contribution is -1.96. The van der Waals surface area contributed by atoms with Crippen molar-refractivity contribution in [2.45, 2.75) is 20.8 Å². The van der Waals surface area contributed by atoms with Crippen LogP contribution in [-0.2, 0) is 4.74 Å². The van der Waals surface area contributed by atoms with Gasteiger partial charge in [0.2, 0.25) is 0 Å². The van der Waals surface area contributed by atoms with Crippen molar-refractivity contribution in [1.82, 2.24) is 15.0 Å². The number of thiophene rings is 1. The van der Waals surface area contributed by atoms with E-state index < -0.39 is 0 Å². The van der Waals surface area contributed by atoms with Crippen molar-refractivity contribution in [3.8, 4) is 23.3 Å². The number of nitrogens with zero attached hydrogens (tertiary/aromatic N) is 3. The van der Waals surface area contributed by atoms with E-state index in [4.69, 9.17) is 9.47 Å². The fraction of sp³-hybridized carbons (Fsp3) is 0.192. The molecule has 0 saturated carbocycles. The highest BCUT2D eigenvalue weighted by Crippen LogP contribution is 2.33. The van der Waals surface area contributed by atoms with Crippen molar-refractivity contribution in [2.75, 3.05) is 19.0 Å². The Bertz CT molecular complexity index is 1480. The molecule has 0 fully saturated rings. The first-order valence-corrected chi connectivity index (χ1v) is 12.5. The van der Waals surface area contributed by atoms with Crippen molar-refractivity contribution >= 4 is 54.6 Å². The van der Waals surface area contributed by atoms with E-state index in [0.717, 1.165) is 53.9 Å². The number of anilines is 2. The number of ether oxygens (including phenoxy) is 2. The van der Waals surface area contributed by atoms with E-state index in [9.17, 15) is 0 Å². The number of methoxy groups -OCH3 is 1. The number of aromatic nitrogens is 3. The molecule has 0 aliphatic carbocycles. The topological polar surface area (TPSA) is 69.2 Å². The van der Waals surface area contributed by atoms with Crippen LogP contribution in [0.1, 0.15) is 24.3 Å². The quantitative estimate of drug-likeness (QED) is 0.265. The van der Waals surface area contributed by atoms with Gasteiger partial charge in [0.1, 0.15) is 35.1 Å². The predicted octanol–water partition coefficient (Wildman–Crippen LogP) is 7.17. The third-order valence-electron chi connectivity index (χ3n) is 4.72. The zero-order valence-corrected chi connectivity index (χ0v) is 21.0. The number of hydrogen-bond donors (Lipinski definition) is 1. The molecule has 0 aliphatic heterocycles. The van der Waals surface area contributed by atoms with Gasteiger partial charge in [-0.3, -0.25) is 0 Å². The van der Waals surface area contributed by atoms with E-state index in [0.29, 0.717) is 6.61 Å². The summed E-state index contributed by atoms with van der Waals surface area (Å²) in [6.45, 7) is 6.42. The van der Waals surface area contributed by atoms with Crippen molar-refractivity contribution < 1.29 is 9.47 Å². The molecule has 3 aromatic heterocycles. The summed E-state index contributed by atoms with van der Waals surface area (Å²) in [5.41, 5.74) is 4.71. The number of nitrogens with one attached hydrogen (secondary N) is 1. The Balaban J connectivity index is 0.00000133. The van der Waals surface area contributed by atoms with Crippen LogP contribution in [-0.4, -0.2) is 28.7 Å². The van der Waals surface area contributed by atoms with Gasteiger partial charge in [0.15, 0.2) is 0 Å². The number of rotatable bonds is 5. The lowest BCUT2D eigenvalue weighted by atomic mass is 10.2. The SMILES string of the molecule is CC.COCC#Cc1cc2c(Nc3ccc(Oc4ccc5scnc5c4)c(C)c3)ncnc2s1. The number of benzene rings is 2. The Morgan fingerprint density at radius 2 is 1.91 bits per heavy atom. The monoisotopic (exact) mass is 488 g/mol. The summed E-state index contributed by atoms with van der Waals surface area (Å²) in [4.78, 5) is 15.0. The van der Waals surface area contributed by atoms with E-state index in [-0.39, 0.29) is 0 Å². The zero-order valence-electron chi connectivity index (χ0n) is 19.4. The lowest BCUT2D eigenvalue weighted by molar-refractivity contribution is 0.240. The second-order valence-electron chi connectivity index (χ2n) is 6.98. The minimum absolute atomic E-state index is 0.399. The van der Waals surface area contributed by atoms with E-state index in [1.54, 1.807) is 24.8 Å². The first-order valence-electron chi connectivity index (χ1n) is 10.8. The van der Waals surface area contributed by atoms with Gasteiger partial charge in [-0.15, -0.1) is 22.7 Å². The van der Waals surface area contributed by atoms with Crippen LogP contribution in [0.3, 0.4) is 0 Å². The summed E-state index contributed by atoms with van der Waals surface area (Å²) in [5, 5.41) is 4.34. The molecule has 0 aliphatic rings. The molecule has 2 aromatic carbocycles. The summed E-state index contributed by atoms with van der Waals surface area (Å²) >= 11 is 3.15. The van der Waals surface area contributed by atoms with Crippen molar-refractivity contribution in [3.63, 3.8) is 0 Å². The Morgan fingerprint density at radius 1 is 1.03 bits per heavy atom. The maximum atomic E-state index is 6.10. The third-order valence-corrected chi connectivity index (χ3v) is 6.49. The molecule has 6 nitrogen and oxygen atoms in total. The highest BCUT2D eigenvalue weighted by Gasteiger charge is 2.10. The molecule has 0 amide bonds. The van der Waals surface area contributed by atoms with E-state index in [1.807, 2.05) is 68.7 Å². The lowest BCUT2D eigenvalue weighted by Gasteiger charge is -2.12. The first-order chi connectivity index (χ1) is 16.7. The van der Waals surface area contributed by atoms with Gasteiger partial charge < -0.3 is 14.8 Å². The van der Waals surface area contributed by atoms with Gasteiger partial charge in [0, 0.05) is 18.9 Å². The maximum Gasteiger partial charge on any atom is 0.142 e. The van der Waals surface area contributed by atoms with Crippen LogP contribution in [0, 0.1) is 18.8 Å². The summed E-state index contributed by atoms with van der Waals surface area (Å²) in [5.74, 6) is 8.39. The molecular formula is C26H24N4O2S2. The Labute approximate surface area is 206 Å². The molecule has 172 valence electrons. The number of hydrogen-bond acceptors (Lipinski definition) is 8. The van der Waals surface area contributed by atoms with Crippen LogP contribution < -0.4 is 10.1 Å². The van der Waals surface area contributed by atoms with Gasteiger partial charge in [0.05, 0.1) is 26.0 Å². The van der Waals surface area contributed by atoms with Crippen LogP contribution in [0.5, 0.6) is 11.5 Å². The van der Waals surface area contributed by atoms with E-state index >= 15 is 0 Å². The van der Waals surface area contributed by atoms with Crippen LogP contribution in [0.15, 0.2) is 54.3 Å². The average Bonchev–Trinajstić information content (AvgIpc) is 3.49. The highest BCUT2D eigenvalue weighted by atomic mass is 32.1. The molecular weight excluding hydrogens is 464 g/mol. The molecule has 34 heavy (non-hydrogen) atoms. The number of thiazole rings is 1. The van der Waals surface area contributed by atoms with Crippen molar-refractivity contribution in [1.29, 1.82) is 0 Å². The van der Waals surface area contributed by atoms with Crippen LogP contribution in [0.25, 0.3) is 20.4 Å². The molecule has 0 radical (unpaired) electrons. The third kappa shape index (κ3) is 5.34. The van der Waals surface area contributed by atoms with Gasteiger partial charge in [-0.1, -0.05) is 25.7 Å². The van der Waals surface area contributed by atoms with Crippen LogP contribution >= 0.6 is 22.7 Å². The van der Waals surface area contributed by atoms with Crippen molar-refractivity contribution in [2.24, 2.45) is 0 Å². The van der Waals surface area contributed by atoms with E-state index in [2.05, 4.69) is 32.1 Å². The molecule has 0 unspecified atom stereocenters. The molecule has 5 rings (SSSR count). The maximum absolute atomic E-state index is 6.10. The first kappa shape index (κ1) is 23.6. The van der Waals surface area contributed by atoms with Gasteiger partial charge >= 0.3 is 0 Å². The zero-order chi connectivity index (χ0) is 23.9. The minimum atomic E-state index is 0.399. The fourth-order valence-corrected chi connectivity index (χ4v) is 4.75. The smallest absolute Gasteiger partial charge is 0.142 e. The molecule has 0 spiro atoms. The Morgan fingerprint density at radius 3 is 2.74 bits per heavy atom. The molecule has 8 heteroatoms. The summed E-state index contributed by atoms with van der Waals surface area (Å²) in [7, 11) is 1.63. The van der Waals surface area contributed by atoms with Crippen LogP contribution in [0.4, 0.5) is 11.5 Å². The number of fused-ring (bicyclic) bond motifs is 2. The summed E-state index contributed by atoms with van der Waals surface area (Å²) in [6.07, 6.45) is 1.56. The molecule has 3 heterocycles. The van der Waals surface area contributed by atoms with Gasteiger partial charge in [-0.25, -0.2) is 15.0 Å². The Hall–Kier alpha value is -3.51. The van der Waals surface area contributed by atoms with Gasteiger partial charge in [-0.2, -0.15) is 0 Å². The van der Waals surface area contributed by atoms with Crippen LogP contribution in [0.2, 0.25) is 0 Å². The Kier molecular flexibility index (Phi) is 7.70. The average molecular weight is 489 g/mol. The van der Waals surface area contributed by atoms with Crippen molar-refractivity contribution in [3.05, 3.63) is 64.7 Å². The highest BCUT2D eigenvalue weighted by molar-refractivity contribution is 7.19. The van der Waals surface area contributed by atoms with Gasteiger partial charge in [0.25, 0.3) is 0 Å². The molecule has 5 aromatic rings. The molecule has 0 bridgehead atoms. The van der Waals surface area contributed by atoms with E-state index in [1.165, 1.54) is 11.3 Å². The summed E-state index contributed by atoms with van der Waals surface area (Å²) < 4.78 is 12.2. The minimum Gasteiger partial charge on any atom is -0.457 e. The normalized spacial score (nSPS) is 10.4. The fourth-order valence-electron chi connectivity index (χ4n) is 3.22. The largest absolute Gasteiger partial charge is 0.457 e. The number of aryl methyl sites for hydroxylation is 1. The molecule has 0 atom stereocenters. The molecule has 1 N–H and O–H groups in total. The molecule has 0 saturated heterocycles. The second-order valence-corrected chi connectivity index (χ2v) is 8.89. The van der Waals surface area contributed by atoms with Gasteiger partial charge in [-0.05, 0) is 48.9 Å². The second kappa shape index (κ2) is 11.1. The summed E-state index contributed by atoms with van der Waals surface area (Å²) in [6, 6.07) is 13.9. The predicted molar refractivity (Wildman–Crippen MR) is 142 cm³/mol. The standard InChI is InChI=1S/C24H18N4O2S2.C2H6/c1-15-10-16(5-7-21(15)30-17-6-8-22-20(11-17)27-14-31-22)28-23-19-12-18(4-3-9-29-2)32-24(19)26-13-25-23;1-2/h5-8,10-14H,9H2,1-2H3,(H,25,26,28);1-2H3.